The molecule has 0 bridgehead atoms. The predicted octanol–water partition coefficient (Wildman–Crippen LogP) is 3.04. The molecule has 1 N–H and O–H groups in total. The highest BCUT2D eigenvalue weighted by molar-refractivity contribution is 6.30. The molecule has 0 unspecified atom stereocenters. The first-order valence-electron chi connectivity index (χ1n) is 5.19. The Hall–Kier alpha value is -1.62. The quantitative estimate of drug-likeness (QED) is 0.912. The SMILES string of the molecule is CCc1noc(CNc2ccc(Cl)cc2F)n1. The lowest BCUT2D eigenvalue weighted by Crippen LogP contribution is -2.01. The highest BCUT2D eigenvalue weighted by Gasteiger charge is 2.06. The van der Waals surface area contributed by atoms with Gasteiger partial charge in [0.1, 0.15) is 5.82 Å². The molecule has 0 spiro atoms. The van der Waals surface area contributed by atoms with Gasteiger partial charge in [-0.15, -0.1) is 0 Å². The molecule has 0 atom stereocenters. The zero-order chi connectivity index (χ0) is 12.3. The summed E-state index contributed by atoms with van der Waals surface area (Å²) >= 11 is 5.65. The fourth-order valence-electron chi connectivity index (χ4n) is 1.31. The summed E-state index contributed by atoms with van der Waals surface area (Å²) in [5.74, 6) is 0.655. The van der Waals surface area contributed by atoms with Gasteiger partial charge < -0.3 is 9.84 Å². The van der Waals surface area contributed by atoms with E-state index in [2.05, 4.69) is 15.5 Å². The molecule has 0 radical (unpaired) electrons. The summed E-state index contributed by atoms with van der Waals surface area (Å²) in [6, 6.07) is 4.42. The van der Waals surface area contributed by atoms with E-state index in [4.69, 9.17) is 16.1 Å². The molecule has 0 amide bonds. The third-order valence-corrected chi connectivity index (χ3v) is 2.42. The van der Waals surface area contributed by atoms with Gasteiger partial charge in [0.15, 0.2) is 5.82 Å². The number of nitrogens with one attached hydrogen (secondary N) is 1. The first-order valence-corrected chi connectivity index (χ1v) is 5.57. The number of aromatic nitrogens is 2. The van der Waals surface area contributed by atoms with Gasteiger partial charge in [0.25, 0.3) is 0 Å². The van der Waals surface area contributed by atoms with E-state index in [0.29, 0.717) is 28.8 Å². The van der Waals surface area contributed by atoms with Gasteiger partial charge >= 0.3 is 0 Å². The van der Waals surface area contributed by atoms with Crippen LogP contribution in [0.25, 0.3) is 0 Å². The lowest BCUT2D eigenvalue weighted by molar-refractivity contribution is 0.378. The maximum Gasteiger partial charge on any atom is 0.245 e. The molecular weight excluding hydrogens is 245 g/mol. The Labute approximate surface area is 103 Å². The minimum absolute atomic E-state index is 0.283. The van der Waals surface area contributed by atoms with Crippen LogP contribution in [0.15, 0.2) is 22.7 Å². The summed E-state index contributed by atoms with van der Waals surface area (Å²) in [6.45, 7) is 2.21. The highest BCUT2D eigenvalue weighted by atomic mass is 35.5. The number of rotatable bonds is 4. The molecule has 90 valence electrons. The molecule has 17 heavy (non-hydrogen) atoms. The van der Waals surface area contributed by atoms with Crippen molar-refractivity contribution in [2.75, 3.05) is 5.32 Å². The topological polar surface area (TPSA) is 51.0 Å². The lowest BCUT2D eigenvalue weighted by atomic mass is 10.3. The molecule has 1 heterocycles. The second kappa shape index (κ2) is 5.14. The van der Waals surface area contributed by atoms with Gasteiger partial charge in [-0.05, 0) is 18.2 Å². The van der Waals surface area contributed by atoms with E-state index in [9.17, 15) is 4.39 Å². The monoisotopic (exact) mass is 255 g/mol. The smallest absolute Gasteiger partial charge is 0.245 e. The molecule has 0 saturated carbocycles. The highest BCUT2D eigenvalue weighted by Crippen LogP contribution is 2.19. The van der Waals surface area contributed by atoms with E-state index in [-0.39, 0.29) is 6.54 Å². The first kappa shape index (κ1) is 11.9. The number of anilines is 1. The van der Waals surface area contributed by atoms with Crippen LogP contribution >= 0.6 is 11.6 Å². The Balaban J connectivity index is 2.02. The molecule has 1 aromatic carbocycles. The average molecular weight is 256 g/mol. The maximum absolute atomic E-state index is 13.4. The average Bonchev–Trinajstić information content (AvgIpc) is 2.76. The van der Waals surface area contributed by atoms with Crippen molar-refractivity contribution >= 4 is 17.3 Å². The number of hydrogen-bond donors (Lipinski definition) is 1. The van der Waals surface area contributed by atoms with Crippen molar-refractivity contribution in [1.82, 2.24) is 10.1 Å². The van der Waals surface area contributed by atoms with Crippen molar-refractivity contribution in [3.8, 4) is 0 Å². The van der Waals surface area contributed by atoms with Crippen molar-refractivity contribution < 1.29 is 8.91 Å². The summed E-state index contributed by atoms with van der Waals surface area (Å²) < 4.78 is 18.4. The number of hydrogen-bond acceptors (Lipinski definition) is 4. The molecule has 0 fully saturated rings. The minimum Gasteiger partial charge on any atom is -0.374 e. The number of nitrogens with zero attached hydrogens (tertiary/aromatic N) is 2. The molecule has 0 aliphatic heterocycles. The number of benzene rings is 1. The van der Waals surface area contributed by atoms with Crippen LogP contribution in [0.4, 0.5) is 10.1 Å². The fraction of sp³-hybridized carbons (Fsp3) is 0.273. The second-order valence-electron chi connectivity index (χ2n) is 3.44. The second-order valence-corrected chi connectivity index (χ2v) is 3.87. The van der Waals surface area contributed by atoms with Crippen molar-refractivity contribution in [3.63, 3.8) is 0 Å². The summed E-state index contributed by atoms with van der Waals surface area (Å²) in [7, 11) is 0. The van der Waals surface area contributed by atoms with Gasteiger partial charge in [-0.2, -0.15) is 4.98 Å². The number of halogens is 2. The van der Waals surface area contributed by atoms with Gasteiger partial charge in [0, 0.05) is 11.4 Å². The summed E-state index contributed by atoms with van der Waals surface area (Å²) in [6.07, 6.45) is 0.707. The molecule has 1 aromatic heterocycles. The van der Waals surface area contributed by atoms with Gasteiger partial charge in [-0.1, -0.05) is 23.7 Å². The van der Waals surface area contributed by atoms with Crippen LogP contribution in [0, 0.1) is 5.82 Å². The zero-order valence-electron chi connectivity index (χ0n) is 9.20. The third kappa shape index (κ3) is 2.94. The zero-order valence-corrected chi connectivity index (χ0v) is 9.96. The Morgan fingerprint density at radius 1 is 1.47 bits per heavy atom. The summed E-state index contributed by atoms with van der Waals surface area (Å²) in [5, 5.41) is 6.97. The Morgan fingerprint density at radius 2 is 2.29 bits per heavy atom. The minimum atomic E-state index is -0.410. The molecule has 4 nitrogen and oxygen atoms in total. The van der Waals surface area contributed by atoms with Gasteiger partial charge in [0.05, 0.1) is 12.2 Å². The fourth-order valence-corrected chi connectivity index (χ4v) is 1.47. The van der Waals surface area contributed by atoms with Crippen molar-refractivity contribution in [2.24, 2.45) is 0 Å². The molecule has 0 aliphatic carbocycles. The Bertz CT molecular complexity index is 515. The molecule has 2 aromatic rings. The van der Waals surface area contributed by atoms with Gasteiger partial charge in [-0.25, -0.2) is 4.39 Å². The van der Waals surface area contributed by atoms with Crippen LogP contribution in [0.2, 0.25) is 5.02 Å². The van der Waals surface area contributed by atoms with E-state index < -0.39 is 5.82 Å². The summed E-state index contributed by atoms with van der Waals surface area (Å²) in [4.78, 5) is 4.10. The van der Waals surface area contributed by atoms with Crippen LogP contribution in [0.3, 0.4) is 0 Å². The molecular formula is C11H11ClFN3O. The lowest BCUT2D eigenvalue weighted by Gasteiger charge is -2.04. The van der Waals surface area contributed by atoms with E-state index in [1.165, 1.54) is 6.07 Å². The van der Waals surface area contributed by atoms with Gasteiger partial charge in [-0.3, -0.25) is 0 Å². The largest absolute Gasteiger partial charge is 0.374 e. The maximum atomic E-state index is 13.4. The van der Waals surface area contributed by atoms with Crippen LogP contribution in [0.5, 0.6) is 0 Å². The van der Waals surface area contributed by atoms with E-state index >= 15 is 0 Å². The standard InChI is InChI=1S/C11H11ClFN3O/c1-2-10-15-11(17-16-10)6-14-9-4-3-7(12)5-8(9)13/h3-5,14H,2,6H2,1H3. The summed E-state index contributed by atoms with van der Waals surface area (Å²) in [5.41, 5.74) is 0.352. The first-order chi connectivity index (χ1) is 8.19. The van der Waals surface area contributed by atoms with Crippen molar-refractivity contribution in [1.29, 1.82) is 0 Å². The molecule has 0 saturated heterocycles. The van der Waals surface area contributed by atoms with Crippen molar-refractivity contribution in [3.05, 3.63) is 40.8 Å². The van der Waals surface area contributed by atoms with Crippen molar-refractivity contribution in [2.45, 2.75) is 19.9 Å². The third-order valence-electron chi connectivity index (χ3n) is 2.19. The predicted molar refractivity (Wildman–Crippen MR) is 62.4 cm³/mol. The van der Waals surface area contributed by atoms with Crippen LogP contribution in [-0.4, -0.2) is 10.1 Å². The Morgan fingerprint density at radius 3 is 2.94 bits per heavy atom. The Kier molecular flexibility index (Phi) is 3.58. The van der Waals surface area contributed by atoms with Crippen LogP contribution in [0.1, 0.15) is 18.6 Å². The van der Waals surface area contributed by atoms with E-state index in [0.717, 1.165) is 0 Å². The van der Waals surface area contributed by atoms with Gasteiger partial charge in [0.2, 0.25) is 5.89 Å². The number of aryl methyl sites for hydroxylation is 1. The van der Waals surface area contributed by atoms with Crippen LogP contribution < -0.4 is 5.32 Å². The van der Waals surface area contributed by atoms with E-state index in [1.54, 1.807) is 12.1 Å². The normalized spacial score (nSPS) is 10.5. The molecule has 0 aliphatic rings. The molecule has 2 rings (SSSR count). The van der Waals surface area contributed by atoms with E-state index in [1.807, 2.05) is 6.92 Å². The molecule has 6 heteroatoms. The van der Waals surface area contributed by atoms with Crippen LogP contribution in [-0.2, 0) is 13.0 Å².